The van der Waals surface area contributed by atoms with Crippen LogP contribution in [0.5, 0.6) is 5.75 Å². The topological polar surface area (TPSA) is 76.9 Å². The number of hydrogen-bond acceptors (Lipinski definition) is 3. The van der Waals surface area contributed by atoms with Crippen LogP contribution in [0.1, 0.15) is 11.3 Å². The molecule has 0 amide bonds. The summed E-state index contributed by atoms with van der Waals surface area (Å²) in [5.41, 5.74) is 3.93. The molecule has 2 aromatic rings. The van der Waals surface area contributed by atoms with Crippen LogP contribution in [0.15, 0.2) is 30.5 Å². The quantitative estimate of drug-likeness (QED) is 0.670. The van der Waals surface area contributed by atoms with Gasteiger partial charge in [0.15, 0.2) is 5.69 Å². The van der Waals surface area contributed by atoms with Crippen molar-refractivity contribution >= 4 is 5.84 Å². The summed E-state index contributed by atoms with van der Waals surface area (Å²) in [7, 11) is 1.48. The maximum Gasteiger partial charge on any atom is 0.435 e. The highest BCUT2D eigenvalue weighted by Gasteiger charge is 2.38. The summed E-state index contributed by atoms with van der Waals surface area (Å²) >= 11 is 0. The normalized spacial score (nSPS) is 11.4. The monoisotopic (exact) mass is 284 g/mol. The number of nitrogens with one attached hydrogen (secondary N) is 1. The van der Waals surface area contributed by atoms with Crippen LogP contribution in [0.25, 0.3) is 5.69 Å². The third-order valence-corrected chi connectivity index (χ3v) is 2.61. The van der Waals surface area contributed by atoms with Crippen LogP contribution in [0.4, 0.5) is 13.2 Å². The van der Waals surface area contributed by atoms with Gasteiger partial charge < -0.3 is 10.5 Å². The molecule has 0 radical (unpaired) electrons. The molecule has 0 unspecified atom stereocenters. The van der Waals surface area contributed by atoms with E-state index in [0.717, 1.165) is 10.9 Å². The molecule has 2 rings (SSSR count). The summed E-state index contributed by atoms with van der Waals surface area (Å²) in [6.45, 7) is 0. The van der Waals surface area contributed by atoms with Crippen molar-refractivity contribution in [2.75, 3.05) is 7.11 Å². The maximum atomic E-state index is 12.8. The molecule has 5 nitrogen and oxygen atoms in total. The number of nitrogens with zero attached hydrogens (tertiary/aromatic N) is 2. The van der Waals surface area contributed by atoms with E-state index in [2.05, 4.69) is 5.10 Å². The van der Waals surface area contributed by atoms with E-state index in [1.807, 2.05) is 0 Å². The highest BCUT2D eigenvalue weighted by molar-refractivity contribution is 5.96. The number of aromatic nitrogens is 2. The van der Waals surface area contributed by atoms with Crippen LogP contribution in [-0.4, -0.2) is 22.7 Å². The standard InChI is InChI=1S/C12H11F3N4O/c1-20-8-4-2-7(3-5-8)19-6-9(11(16)17)10(18-19)12(13,14)15/h2-6H,1H3,(H3,16,17). The number of amidine groups is 1. The third-order valence-electron chi connectivity index (χ3n) is 2.61. The molecule has 0 aliphatic carbocycles. The lowest BCUT2D eigenvalue weighted by atomic mass is 10.2. The fraction of sp³-hybridized carbons (Fsp3) is 0.167. The lowest BCUT2D eigenvalue weighted by Gasteiger charge is -2.04. The van der Waals surface area contributed by atoms with E-state index in [9.17, 15) is 13.2 Å². The number of alkyl halides is 3. The van der Waals surface area contributed by atoms with Gasteiger partial charge in [-0.25, -0.2) is 4.68 Å². The Morgan fingerprint density at radius 2 is 1.90 bits per heavy atom. The summed E-state index contributed by atoms with van der Waals surface area (Å²) in [4.78, 5) is 0. The Hall–Kier alpha value is -2.51. The molecule has 0 atom stereocenters. The lowest BCUT2D eigenvalue weighted by molar-refractivity contribution is -0.141. The minimum Gasteiger partial charge on any atom is -0.497 e. The zero-order chi connectivity index (χ0) is 14.9. The van der Waals surface area contributed by atoms with Crippen molar-refractivity contribution < 1.29 is 17.9 Å². The molecule has 0 aliphatic rings. The summed E-state index contributed by atoms with van der Waals surface area (Å²) in [6.07, 6.45) is -3.59. The average molecular weight is 284 g/mol. The van der Waals surface area contributed by atoms with Crippen molar-refractivity contribution in [2.45, 2.75) is 6.18 Å². The molecule has 8 heteroatoms. The van der Waals surface area contributed by atoms with Crippen molar-refractivity contribution in [2.24, 2.45) is 5.73 Å². The van der Waals surface area contributed by atoms with Gasteiger partial charge in [-0.2, -0.15) is 18.3 Å². The van der Waals surface area contributed by atoms with E-state index in [-0.39, 0.29) is 0 Å². The van der Waals surface area contributed by atoms with Crippen molar-refractivity contribution in [3.63, 3.8) is 0 Å². The molecular weight excluding hydrogens is 273 g/mol. The van der Waals surface area contributed by atoms with E-state index in [1.54, 1.807) is 24.3 Å². The number of ether oxygens (including phenoxy) is 1. The van der Waals surface area contributed by atoms with Crippen LogP contribution < -0.4 is 10.5 Å². The van der Waals surface area contributed by atoms with Gasteiger partial charge in [-0.05, 0) is 24.3 Å². The average Bonchev–Trinajstić information content (AvgIpc) is 2.84. The van der Waals surface area contributed by atoms with Crippen molar-refractivity contribution in [1.29, 1.82) is 5.41 Å². The summed E-state index contributed by atoms with van der Waals surface area (Å²) in [5, 5.41) is 10.7. The zero-order valence-electron chi connectivity index (χ0n) is 10.4. The molecule has 106 valence electrons. The Kier molecular flexibility index (Phi) is 3.39. The van der Waals surface area contributed by atoms with E-state index >= 15 is 0 Å². The van der Waals surface area contributed by atoms with Crippen LogP contribution >= 0.6 is 0 Å². The van der Waals surface area contributed by atoms with E-state index in [0.29, 0.717) is 11.4 Å². The van der Waals surface area contributed by atoms with E-state index in [1.165, 1.54) is 7.11 Å². The van der Waals surface area contributed by atoms with Gasteiger partial charge in [-0.15, -0.1) is 0 Å². The molecule has 0 bridgehead atoms. The molecule has 1 aromatic carbocycles. The molecule has 0 saturated heterocycles. The molecule has 20 heavy (non-hydrogen) atoms. The van der Waals surface area contributed by atoms with Crippen LogP contribution in [0.3, 0.4) is 0 Å². The fourth-order valence-corrected chi connectivity index (χ4v) is 1.65. The van der Waals surface area contributed by atoms with Gasteiger partial charge in [0.1, 0.15) is 11.6 Å². The summed E-state index contributed by atoms with van der Waals surface area (Å²) in [6, 6.07) is 6.29. The zero-order valence-corrected chi connectivity index (χ0v) is 10.4. The number of nitrogens with two attached hydrogens (primary N) is 1. The molecule has 1 heterocycles. The molecule has 0 spiro atoms. The van der Waals surface area contributed by atoms with Gasteiger partial charge in [0, 0.05) is 6.20 Å². The van der Waals surface area contributed by atoms with Gasteiger partial charge in [-0.1, -0.05) is 0 Å². The van der Waals surface area contributed by atoms with Crippen molar-refractivity contribution in [3.05, 3.63) is 41.7 Å². The lowest BCUT2D eigenvalue weighted by Crippen LogP contribution is -2.17. The van der Waals surface area contributed by atoms with E-state index < -0.39 is 23.3 Å². The predicted octanol–water partition coefficient (Wildman–Crippen LogP) is 2.18. The van der Waals surface area contributed by atoms with Crippen LogP contribution in [-0.2, 0) is 6.18 Å². The SMILES string of the molecule is COc1ccc(-n2cc(C(=N)N)c(C(F)(F)F)n2)cc1. The van der Waals surface area contributed by atoms with Crippen molar-refractivity contribution in [1.82, 2.24) is 9.78 Å². The number of benzene rings is 1. The molecular formula is C12H11F3N4O. The third kappa shape index (κ3) is 2.58. The number of rotatable bonds is 3. The van der Waals surface area contributed by atoms with Gasteiger partial charge >= 0.3 is 6.18 Å². The minimum atomic E-state index is -4.67. The van der Waals surface area contributed by atoms with Crippen LogP contribution in [0, 0.1) is 5.41 Å². The Morgan fingerprint density at radius 3 is 2.30 bits per heavy atom. The number of halogens is 3. The van der Waals surface area contributed by atoms with E-state index in [4.69, 9.17) is 15.9 Å². The molecule has 1 aromatic heterocycles. The summed E-state index contributed by atoms with van der Waals surface area (Å²) < 4.78 is 44.4. The Bertz CT molecular complexity index is 631. The van der Waals surface area contributed by atoms with Crippen molar-refractivity contribution in [3.8, 4) is 11.4 Å². The van der Waals surface area contributed by atoms with Crippen LogP contribution in [0.2, 0.25) is 0 Å². The highest BCUT2D eigenvalue weighted by atomic mass is 19.4. The Labute approximate surface area is 112 Å². The largest absolute Gasteiger partial charge is 0.497 e. The highest BCUT2D eigenvalue weighted by Crippen LogP contribution is 2.31. The first-order chi connectivity index (χ1) is 9.32. The molecule has 0 saturated carbocycles. The van der Waals surface area contributed by atoms with Gasteiger partial charge in [0.2, 0.25) is 0 Å². The van der Waals surface area contributed by atoms with Gasteiger partial charge in [0.25, 0.3) is 0 Å². The minimum absolute atomic E-state index is 0.406. The second-order valence-electron chi connectivity index (χ2n) is 3.95. The maximum absolute atomic E-state index is 12.8. The first kappa shape index (κ1) is 13.9. The summed E-state index contributed by atoms with van der Waals surface area (Å²) in [5.74, 6) is -0.110. The van der Waals surface area contributed by atoms with Gasteiger partial charge in [-0.3, -0.25) is 5.41 Å². The second kappa shape index (κ2) is 4.87. The number of methoxy groups -OCH3 is 1. The molecule has 3 N–H and O–H groups in total. The molecule has 0 aliphatic heterocycles. The Balaban J connectivity index is 2.50. The van der Waals surface area contributed by atoms with Gasteiger partial charge in [0.05, 0.1) is 18.4 Å². The second-order valence-corrected chi connectivity index (χ2v) is 3.95. The predicted molar refractivity (Wildman–Crippen MR) is 66.1 cm³/mol. The number of nitrogen functional groups attached to an aromatic ring is 1. The first-order valence-electron chi connectivity index (χ1n) is 5.48. The Morgan fingerprint density at radius 1 is 1.30 bits per heavy atom. The fourth-order valence-electron chi connectivity index (χ4n) is 1.65. The number of hydrogen-bond donors (Lipinski definition) is 2. The first-order valence-corrected chi connectivity index (χ1v) is 5.48. The molecule has 0 fully saturated rings. The smallest absolute Gasteiger partial charge is 0.435 e.